The molecular formula is C12H13ClO2S. The molecule has 1 aliphatic heterocycles. The van der Waals surface area contributed by atoms with Crippen molar-refractivity contribution in [3.63, 3.8) is 0 Å². The number of carboxylic acids is 1. The third-order valence-corrected chi connectivity index (χ3v) is 4.68. The van der Waals surface area contributed by atoms with Gasteiger partial charge in [-0.05, 0) is 42.7 Å². The highest BCUT2D eigenvalue weighted by Crippen LogP contribution is 2.41. The van der Waals surface area contributed by atoms with Crippen LogP contribution in [0.1, 0.15) is 18.4 Å². The standard InChI is InChI=1S/C12H13ClO2S/c13-10-4-1-3-9(7-10)8-12(11(14)15)5-2-6-16-12/h1,3-4,7H,2,5-6,8H2,(H,14,15). The van der Waals surface area contributed by atoms with Crippen LogP contribution >= 0.6 is 23.4 Å². The molecule has 0 aromatic heterocycles. The molecule has 0 spiro atoms. The summed E-state index contributed by atoms with van der Waals surface area (Å²) in [6.07, 6.45) is 2.30. The number of thioether (sulfide) groups is 1. The minimum atomic E-state index is -0.699. The lowest BCUT2D eigenvalue weighted by atomic mass is 9.94. The van der Waals surface area contributed by atoms with Crippen molar-refractivity contribution >= 4 is 29.3 Å². The van der Waals surface area contributed by atoms with Crippen LogP contribution in [0.4, 0.5) is 0 Å². The molecule has 2 rings (SSSR count). The molecule has 2 nitrogen and oxygen atoms in total. The second-order valence-electron chi connectivity index (χ2n) is 4.06. The van der Waals surface area contributed by atoms with Gasteiger partial charge in [0.25, 0.3) is 0 Å². The molecule has 86 valence electrons. The Morgan fingerprint density at radius 3 is 2.94 bits per heavy atom. The summed E-state index contributed by atoms with van der Waals surface area (Å²) in [7, 11) is 0. The zero-order chi connectivity index (χ0) is 11.6. The van der Waals surface area contributed by atoms with Gasteiger partial charge in [-0.25, -0.2) is 0 Å². The molecule has 16 heavy (non-hydrogen) atoms. The molecule has 0 saturated carbocycles. The van der Waals surface area contributed by atoms with Crippen molar-refractivity contribution in [2.75, 3.05) is 5.75 Å². The number of rotatable bonds is 3. The van der Waals surface area contributed by atoms with Crippen LogP contribution in [-0.2, 0) is 11.2 Å². The van der Waals surface area contributed by atoms with Gasteiger partial charge in [0.1, 0.15) is 4.75 Å². The highest BCUT2D eigenvalue weighted by atomic mass is 35.5. The molecule has 1 saturated heterocycles. The van der Waals surface area contributed by atoms with Gasteiger partial charge in [-0.15, -0.1) is 11.8 Å². The summed E-state index contributed by atoms with van der Waals surface area (Å²) in [5, 5.41) is 10.0. The molecule has 0 aliphatic carbocycles. The van der Waals surface area contributed by atoms with Gasteiger partial charge >= 0.3 is 5.97 Å². The average Bonchev–Trinajstić information content (AvgIpc) is 2.67. The average molecular weight is 257 g/mol. The number of hydrogen-bond donors (Lipinski definition) is 1. The molecule has 1 aromatic carbocycles. The Morgan fingerprint density at radius 2 is 2.38 bits per heavy atom. The van der Waals surface area contributed by atoms with Crippen LogP contribution in [0.25, 0.3) is 0 Å². The maximum Gasteiger partial charge on any atom is 0.320 e. The molecular weight excluding hydrogens is 244 g/mol. The lowest BCUT2D eigenvalue weighted by Gasteiger charge is -2.22. The van der Waals surface area contributed by atoms with E-state index >= 15 is 0 Å². The minimum absolute atomic E-state index is 0.563. The highest BCUT2D eigenvalue weighted by molar-refractivity contribution is 8.01. The first kappa shape index (κ1) is 11.8. The molecule has 0 amide bonds. The number of aliphatic carboxylic acids is 1. The van der Waals surface area contributed by atoms with Gasteiger partial charge in [-0.3, -0.25) is 4.79 Å². The van der Waals surface area contributed by atoms with Crippen molar-refractivity contribution in [1.29, 1.82) is 0 Å². The van der Waals surface area contributed by atoms with E-state index in [1.54, 1.807) is 17.8 Å². The number of benzene rings is 1. The van der Waals surface area contributed by atoms with E-state index in [0.29, 0.717) is 11.4 Å². The molecule has 1 atom stereocenters. The molecule has 1 fully saturated rings. The van der Waals surface area contributed by atoms with Crippen molar-refractivity contribution in [3.05, 3.63) is 34.9 Å². The zero-order valence-corrected chi connectivity index (χ0v) is 10.4. The Bertz CT molecular complexity index is 400. The summed E-state index contributed by atoms with van der Waals surface area (Å²) in [4.78, 5) is 11.4. The molecule has 1 unspecified atom stereocenters. The Kier molecular flexibility index (Phi) is 3.45. The highest BCUT2D eigenvalue weighted by Gasteiger charge is 2.42. The molecule has 1 heterocycles. The summed E-state index contributed by atoms with van der Waals surface area (Å²) < 4.78 is -0.634. The Balaban J connectivity index is 2.21. The molecule has 0 radical (unpaired) electrons. The summed E-state index contributed by atoms with van der Waals surface area (Å²) >= 11 is 7.46. The van der Waals surface area contributed by atoms with Gasteiger partial charge < -0.3 is 5.11 Å². The van der Waals surface area contributed by atoms with Crippen LogP contribution in [0.2, 0.25) is 5.02 Å². The minimum Gasteiger partial charge on any atom is -0.480 e. The lowest BCUT2D eigenvalue weighted by molar-refractivity contribution is -0.139. The lowest BCUT2D eigenvalue weighted by Crippen LogP contribution is -2.34. The van der Waals surface area contributed by atoms with E-state index in [0.717, 1.165) is 24.2 Å². The van der Waals surface area contributed by atoms with E-state index in [4.69, 9.17) is 11.6 Å². The third-order valence-electron chi connectivity index (χ3n) is 2.87. The normalized spacial score (nSPS) is 24.6. The summed E-state index contributed by atoms with van der Waals surface area (Å²) in [6.45, 7) is 0. The van der Waals surface area contributed by atoms with E-state index in [2.05, 4.69) is 0 Å². The second kappa shape index (κ2) is 4.68. The van der Waals surface area contributed by atoms with Crippen LogP contribution in [0.5, 0.6) is 0 Å². The van der Waals surface area contributed by atoms with E-state index in [-0.39, 0.29) is 0 Å². The summed E-state index contributed by atoms with van der Waals surface area (Å²) in [5.74, 6) is 0.238. The van der Waals surface area contributed by atoms with Crippen molar-refractivity contribution in [1.82, 2.24) is 0 Å². The van der Waals surface area contributed by atoms with Crippen LogP contribution in [-0.4, -0.2) is 21.6 Å². The first-order valence-electron chi connectivity index (χ1n) is 5.24. The van der Waals surface area contributed by atoms with Gasteiger partial charge in [-0.1, -0.05) is 23.7 Å². The van der Waals surface area contributed by atoms with Crippen LogP contribution in [0.3, 0.4) is 0 Å². The summed E-state index contributed by atoms with van der Waals surface area (Å²) in [6, 6.07) is 7.47. The predicted octanol–water partition coefficient (Wildman–Crippen LogP) is 3.23. The van der Waals surface area contributed by atoms with Crippen molar-refractivity contribution in [2.24, 2.45) is 0 Å². The largest absolute Gasteiger partial charge is 0.480 e. The molecule has 0 bridgehead atoms. The van der Waals surface area contributed by atoms with Crippen LogP contribution in [0, 0.1) is 0 Å². The third kappa shape index (κ3) is 2.36. The number of hydrogen-bond acceptors (Lipinski definition) is 2. The van der Waals surface area contributed by atoms with Gasteiger partial charge in [-0.2, -0.15) is 0 Å². The zero-order valence-electron chi connectivity index (χ0n) is 8.78. The van der Waals surface area contributed by atoms with E-state index in [1.165, 1.54) is 0 Å². The van der Waals surface area contributed by atoms with Gasteiger partial charge in [0.05, 0.1) is 0 Å². The fraction of sp³-hybridized carbons (Fsp3) is 0.417. The molecule has 1 aliphatic rings. The fourth-order valence-corrected chi connectivity index (χ4v) is 3.63. The molecule has 1 aromatic rings. The van der Waals surface area contributed by atoms with E-state index < -0.39 is 10.7 Å². The Labute approximate surface area is 104 Å². The first-order valence-corrected chi connectivity index (χ1v) is 6.61. The van der Waals surface area contributed by atoms with Crippen molar-refractivity contribution in [2.45, 2.75) is 24.0 Å². The molecule has 1 N–H and O–H groups in total. The number of halogens is 1. The number of carbonyl (C=O) groups is 1. The number of carboxylic acid groups (broad SMARTS) is 1. The SMILES string of the molecule is O=C(O)C1(Cc2cccc(Cl)c2)CCCS1. The van der Waals surface area contributed by atoms with Gasteiger partial charge in [0.2, 0.25) is 0 Å². The first-order chi connectivity index (χ1) is 7.62. The Hall–Kier alpha value is -0.670. The maximum absolute atomic E-state index is 11.4. The second-order valence-corrected chi connectivity index (χ2v) is 5.97. The van der Waals surface area contributed by atoms with Gasteiger partial charge in [0.15, 0.2) is 0 Å². The van der Waals surface area contributed by atoms with Crippen LogP contribution < -0.4 is 0 Å². The maximum atomic E-state index is 11.4. The molecule has 4 heteroatoms. The van der Waals surface area contributed by atoms with Crippen molar-refractivity contribution < 1.29 is 9.90 Å². The van der Waals surface area contributed by atoms with Gasteiger partial charge in [0, 0.05) is 5.02 Å². The predicted molar refractivity (Wildman–Crippen MR) is 67.2 cm³/mol. The quantitative estimate of drug-likeness (QED) is 0.902. The smallest absolute Gasteiger partial charge is 0.320 e. The Morgan fingerprint density at radius 1 is 1.56 bits per heavy atom. The van der Waals surface area contributed by atoms with E-state index in [9.17, 15) is 9.90 Å². The summed E-state index contributed by atoms with van der Waals surface area (Å²) in [5.41, 5.74) is 1.00. The van der Waals surface area contributed by atoms with E-state index in [1.807, 2.05) is 18.2 Å². The topological polar surface area (TPSA) is 37.3 Å². The van der Waals surface area contributed by atoms with Crippen molar-refractivity contribution in [3.8, 4) is 0 Å². The van der Waals surface area contributed by atoms with Crippen LogP contribution in [0.15, 0.2) is 24.3 Å². The monoisotopic (exact) mass is 256 g/mol. The fourth-order valence-electron chi connectivity index (χ4n) is 2.06.